The van der Waals surface area contributed by atoms with Gasteiger partial charge in [-0.25, -0.2) is 0 Å². The topological polar surface area (TPSA) is 43.1 Å². The molecule has 4 nitrogen and oxygen atoms in total. The van der Waals surface area contributed by atoms with Crippen LogP contribution < -0.4 is 0 Å². The maximum atomic E-state index is 4.61. The summed E-state index contributed by atoms with van der Waals surface area (Å²) < 4.78 is 1.84. The lowest BCUT2D eigenvalue weighted by molar-refractivity contribution is 0.880. The molecule has 0 aliphatic heterocycles. The zero-order valence-electron chi connectivity index (χ0n) is 12.7. The van der Waals surface area contributed by atoms with Gasteiger partial charge in [0.25, 0.3) is 0 Å². The summed E-state index contributed by atoms with van der Waals surface area (Å²) in [7, 11) is 0. The lowest BCUT2D eigenvalue weighted by Crippen LogP contribution is -1.93. The van der Waals surface area contributed by atoms with Crippen LogP contribution in [-0.4, -0.2) is 19.8 Å². The van der Waals surface area contributed by atoms with Gasteiger partial charge in [0.2, 0.25) is 4.96 Å². The van der Waals surface area contributed by atoms with Crippen molar-refractivity contribution in [3.05, 3.63) is 77.1 Å². The molecule has 0 unspecified atom stereocenters. The van der Waals surface area contributed by atoms with E-state index in [-0.39, 0.29) is 0 Å². The van der Waals surface area contributed by atoms with Crippen LogP contribution in [0.15, 0.2) is 65.6 Å². The molecule has 0 fully saturated rings. The second-order valence-corrected chi connectivity index (χ2v) is 7.13. The number of hydrogen-bond acceptors (Lipinski definition) is 5. The van der Waals surface area contributed by atoms with Crippen molar-refractivity contribution in [2.45, 2.75) is 10.6 Å². The molecule has 24 heavy (non-hydrogen) atoms. The number of benzene rings is 2. The Labute approximate surface area is 147 Å². The molecule has 0 aliphatic rings. The molecule has 4 aromatic rings. The summed E-state index contributed by atoms with van der Waals surface area (Å²) in [6.07, 6.45) is 4.08. The number of aromatic nitrogens is 4. The SMILES string of the molecule is C(=C\c1nn2c(CSc3ccccc3)nnc2s1)/c1ccccc1. The molecule has 2 heterocycles. The average Bonchev–Trinajstić information content (AvgIpc) is 3.20. The quantitative estimate of drug-likeness (QED) is 0.492. The van der Waals surface area contributed by atoms with E-state index in [2.05, 4.69) is 45.6 Å². The van der Waals surface area contributed by atoms with Crippen LogP contribution in [0.4, 0.5) is 0 Å². The molecular formula is C18H14N4S2. The van der Waals surface area contributed by atoms with E-state index >= 15 is 0 Å². The number of rotatable bonds is 5. The van der Waals surface area contributed by atoms with Crippen LogP contribution in [0.1, 0.15) is 16.4 Å². The first-order chi connectivity index (χ1) is 11.9. The Kier molecular flexibility index (Phi) is 4.40. The van der Waals surface area contributed by atoms with Crippen LogP contribution in [0.3, 0.4) is 0 Å². The lowest BCUT2D eigenvalue weighted by Gasteiger charge is -1.98. The summed E-state index contributed by atoms with van der Waals surface area (Å²) in [6, 6.07) is 20.5. The van der Waals surface area contributed by atoms with E-state index in [0.717, 1.165) is 27.1 Å². The highest BCUT2D eigenvalue weighted by Gasteiger charge is 2.10. The zero-order valence-corrected chi connectivity index (χ0v) is 14.4. The lowest BCUT2D eigenvalue weighted by atomic mass is 10.2. The van der Waals surface area contributed by atoms with Gasteiger partial charge in [-0.2, -0.15) is 9.61 Å². The predicted octanol–water partition coefficient (Wildman–Crippen LogP) is 4.65. The molecule has 0 saturated carbocycles. The summed E-state index contributed by atoms with van der Waals surface area (Å²) in [5, 5.41) is 14.0. The first-order valence-electron chi connectivity index (χ1n) is 7.50. The van der Waals surface area contributed by atoms with E-state index < -0.39 is 0 Å². The van der Waals surface area contributed by atoms with Gasteiger partial charge in [0.05, 0.1) is 5.75 Å². The Hall–Kier alpha value is -2.44. The van der Waals surface area contributed by atoms with Gasteiger partial charge in [-0.3, -0.25) is 0 Å². The highest BCUT2D eigenvalue weighted by atomic mass is 32.2. The van der Waals surface area contributed by atoms with Crippen molar-refractivity contribution in [1.29, 1.82) is 0 Å². The van der Waals surface area contributed by atoms with Gasteiger partial charge in [-0.1, -0.05) is 65.9 Å². The van der Waals surface area contributed by atoms with E-state index in [1.54, 1.807) is 23.1 Å². The Morgan fingerprint density at radius 2 is 1.67 bits per heavy atom. The van der Waals surface area contributed by atoms with E-state index in [4.69, 9.17) is 0 Å². The molecule has 118 valence electrons. The van der Waals surface area contributed by atoms with Gasteiger partial charge < -0.3 is 0 Å². The first kappa shape index (κ1) is 15.1. The van der Waals surface area contributed by atoms with Crippen molar-refractivity contribution >= 4 is 40.2 Å². The fourth-order valence-corrected chi connectivity index (χ4v) is 3.81. The van der Waals surface area contributed by atoms with Crippen LogP contribution in [0.2, 0.25) is 0 Å². The van der Waals surface area contributed by atoms with Crippen LogP contribution in [0, 0.1) is 0 Å². The highest BCUT2D eigenvalue weighted by Crippen LogP contribution is 2.23. The maximum absolute atomic E-state index is 4.61. The molecule has 0 spiro atoms. The minimum absolute atomic E-state index is 0.747. The number of nitrogens with zero attached hydrogens (tertiary/aromatic N) is 4. The van der Waals surface area contributed by atoms with E-state index in [1.807, 2.05) is 47.0 Å². The van der Waals surface area contributed by atoms with E-state index in [0.29, 0.717) is 0 Å². The van der Waals surface area contributed by atoms with Crippen LogP contribution in [0.25, 0.3) is 17.1 Å². The molecule has 0 bridgehead atoms. The Morgan fingerprint density at radius 3 is 2.46 bits per heavy atom. The molecule has 2 aromatic heterocycles. The predicted molar refractivity (Wildman–Crippen MR) is 100 cm³/mol. The van der Waals surface area contributed by atoms with E-state index in [9.17, 15) is 0 Å². The zero-order chi connectivity index (χ0) is 16.2. The van der Waals surface area contributed by atoms with Crippen molar-refractivity contribution in [3.8, 4) is 0 Å². The second kappa shape index (κ2) is 6.98. The van der Waals surface area contributed by atoms with Crippen LogP contribution >= 0.6 is 23.1 Å². The highest BCUT2D eigenvalue weighted by molar-refractivity contribution is 7.98. The van der Waals surface area contributed by atoms with Crippen molar-refractivity contribution < 1.29 is 0 Å². The van der Waals surface area contributed by atoms with Gasteiger partial charge in [0.1, 0.15) is 5.01 Å². The fourth-order valence-electron chi connectivity index (χ4n) is 2.23. The summed E-state index contributed by atoms with van der Waals surface area (Å²) in [5.41, 5.74) is 1.16. The van der Waals surface area contributed by atoms with Crippen molar-refractivity contribution in [2.75, 3.05) is 0 Å². The number of fused-ring (bicyclic) bond motifs is 1. The first-order valence-corrected chi connectivity index (χ1v) is 9.31. The standard InChI is InChI=1S/C18H14N4S2/c1-3-7-14(8-4-1)11-12-17-21-22-16(19-20-18(22)24-17)13-23-15-9-5-2-6-10-15/h1-12H,13H2/b12-11+. The van der Waals surface area contributed by atoms with Gasteiger partial charge in [-0.05, 0) is 23.8 Å². The monoisotopic (exact) mass is 350 g/mol. The maximum Gasteiger partial charge on any atom is 0.234 e. The van der Waals surface area contributed by atoms with Gasteiger partial charge in [0.15, 0.2) is 5.82 Å². The summed E-state index contributed by atoms with van der Waals surface area (Å²) in [6.45, 7) is 0. The van der Waals surface area contributed by atoms with Gasteiger partial charge in [0, 0.05) is 4.90 Å². The number of hydrogen-bond donors (Lipinski definition) is 0. The van der Waals surface area contributed by atoms with Gasteiger partial charge in [-0.15, -0.1) is 22.0 Å². The second-order valence-electron chi connectivity index (χ2n) is 5.10. The Balaban J connectivity index is 1.52. The average molecular weight is 350 g/mol. The third kappa shape index (κ3) is 3.39. The number of thioether (sulfide) groups is 1. The van der Waals surface area contributed by atoms with Crippen LogP contribution in [-0.2, 0) is 5.75 Å². The van der Waals surface area contributed by atoms with Crippen molar-refractivity contribution in [1.82, 2.24) is 19.8 Å². The molecule has 2 aromatic carbocycles. The molecular weight excluding hydrogens is 336 g/mol. The minimum atomic E-state index is 0.747. The van der Waals surface area contributed by atoms with E-state index in [1.165, 1.54) is 4.90 Å². The van der Waals surface area contributed by atoms with Crippen molar-refractivity contribution in [2.24, 2.45) is 0 Å². The fraction of sp³-hybridized carbons (Fsp3) is 0.0556. The summed E-state index contributed by atoms with van der Waals surface area (Å²) >= 11 is 3.28. The molecule has 0 radical (unpaired) electrons. The van der Waals surface area contributed by atoms with Gasteiger partial charge >= 0.3 is 0 Å². The minimum Gasteiger partial charge on any atom is -0.186 e. The summed E-state index contributed by atoms with van der Waals surface area (Å²) in [5.74, 6) is 1.62. The Bertz CT molecular complexity index is 959. The smallest absolute Gasteiger partial charge is 0.186 e. The Morgan fingerprint density at radius 1 is 0.917 bits per heavy atom. The molecule has 0 atom stereocenters. The third-order valence-corrected chi connectivity index (χ3v) is 5.27. The molecule has 0 saturated heterocycles. The summed E-state index contributed by atoms with van der Waals surface area (Å²) in [4.78, 5) is 2.04. The molecule has 0 N–H and O–H groups in total. The van der Waals surface area contributed by atoms with Crippen LogP contribution in [0.5, 0.6) is 0 Å². The normalized spacial score (nSPS) is 11.5. The third-order valence-electron chi connectivity index (χ3n) is 3.40. The molecule has 0 aliphatic carbocycles. The molecule has 4 rings (SSSR count). The van der Waals surface area contributed by atoms with Crippen molar-refractivity contribution in [3.63, 3.8) is 0 Å². The largest absolute Gasteiger partial charge is 0.234 e. The molecule has 6 heteroatoms. The molecule has 0 amide bonds.